The van der Waals surface area contributed by atoms with Crippen molar-refractivity contribution in [2.24, 2.45) is 0 Å². The molecule has 0 aromatic heterocycles. The predicted molar refractivity (Wildman–Crippen MR) is 48.9 cm³/mol. The van der Waals surface area contributed by atoms with Crippen LogP contribution in [0.5, 0.6) is 0 Å². The Morgan fingerprint density at radius 1 is 1.25 bits per heavy atom. The summed E-state index contributed by atoms with van der Waals surface area (Å²) in [6.07, 6.45) is 2.43. The van der Waals surface area contributed by atoms with Gasteiger partial charge in [-0.15, -0.1) is 0 Å². The van der Waals surface area contributed by atoms with E-state index in [1.54, 1.807) is 4.90 Å². The van der Waals surface area contributed by atoms with E-state index in [4.69, 9.17) is 5.11 Å². The molecule has 0 fully saturated rings. The monoisotopic (exact) mass is 173 g/mol. The molecule has 0 aromatic rings. The molecular weight excluding hydrogens is 154 g/mol. The molecule has 0 aliphatic rings. The second kappa shape index (κ2) is 7.10. The maximum atomic E-state index is 11.3. The number of carbonyl (C=O) groups is 1. The van der Waals surface area contributed by atoms with Gasteiger partial charge in [-0.2, -0.15) is 0 Å². The van der Waals surface area contributed by atoms with Crippen LogP contribution in [0.1, 0.15) is 33.1 Å². The van der Waals surface area contributed by atoms with Crippen molar-refractivity contribution in [3.8, 4) is 0 Å². The normalized spacial score (nSPS) is 9.92. The maximum Gasteiger partial charge on any atom is 0.222 e. The molecule has 3 heteroatoms. The first-order valence-corrected chi connectivity index (χ1v) is 4.64. The Morgan fingerprint density at radius 3 is 2.33 bits per heavy atom. The number of hydrogen-bond acceptors (Lipinski definition) is 2. The van der Waals surface area contributed by atoms with E-state index >= 15 is 0 Å². The number of hydrogen-bond donors (Lipinski definition) is 1. The minimum Gasteiger partial charge on any atom is -0.395 e. The van der Waals surface area contributed by atoms with Crippen LogP contribution < -0.4 is 0 Å². The highest BCUT2D eigenvalue weighted by molar-refractivity contribution is 5.76. The number of nitrogens with zero attached hydrogens (tertiary/aromatic N) is 1. The lowest BCUT2D eigenvalue weighted by Gasteiger charge is -2.20. The summed E-state index contributed by atoms with van der Waals surface area (Å²) in [4.78, 5) is 13.1. The summed E-state index contributed by atoms with van der Waals surface area (Å²) in [5.74, 6) is 0.161. The first-order chi connectivity index (χ1) is 5.76. The van der Waals surface area contributed by atoms with E-state index in [2.05, 4.69) is 0 Å². The highest BCUT2D eigenvalue weighted by Gasteiger charge is 2.09. The van der Waals surface area contributed by atoms with E-state index in [1.165, 1.54) is 0 Å². The van der Waals surface area contributed by atoms with Gasteiger partial charge in [-0.3, -0.25) is 4.79 Å². The highest BCUT2D eigenvalue weighted by atomic mass is 16.3. The molecule has 1 N–H and O–H groups in total. The van der Waals surface area contributed by atoms with Crippen LogP contribution in [0, 0.1) is 0 Å². The van der Waals surface area contributed by atoms with Gasteiger partial charge in [0.05, 0.1) is 6.61 Å². The van der Waals surface area contributed by atoms with E-state index in [-0.39, 0.29) is 12.5 Å². The van der Waals surface area contributed by atoms with Crippen LogP contribution in [0.25, 0.3) is 0 Å². The molecule has 0 atom stereocenters. The lowest BCUT2D eigenvalue weighted by molar-refractivity contribution is -0.131. The zero-order valence-electron chi connectivity index (χ0n) is 8.05. The zero-order chi connectivity index (χ0) is 9.40. The first kappa shape index (κ1) is 11.4. The van der Waals surface area contributed by atoms with Crippen molar-refractivity contribution >= 4 is 5.91 Å². The van der Waals surface area contributed by atoms with Crippen LogP contribution >= 0.6 is 0 Å². The number of aliphatic hydroxyl groups is 1. The van der Waals surface area contributed by atoms with Crippen molar-refractivity contribution in [2.75, 3.05) is 19.7 Å². The van der Waals surface area contributed by atoms with Crippen LogP contribution in [0.3, 0.4) is 0 Å². The Kier molecular flexibility index (Phi) is 6.76. The minimum absolute atomic E-state index is 0.0649. The highest BCUT2D eigenvalue weighted by Crippen LogP contribution is 1.98. The average Bonchev–Trinajstić information content (AvgIpc) is 2.04. The number of amides is 1. The van der Waals surface area contributed by atoms with Gasteiger partial charge >= 0.3 is 0 Å². The van der Waals surface area contributed by atoms with Crippen LogP contribution in [-0.2, 0) is 4.79 Å². The van der Waals surface area contributed by atoms with E-state index in [9.17, 15) is 4.79 Å². The average molecular weight is 173 g/mol. The summed E-state index contributed by atoms with van der Waals surface area (Å²) in [6, 6.07) is 0. The van der Waals surface area contributed by atoms with Gasteiger partial charge in [0, 0.05) is 19.5 Å². The Hall–Kier alpha value is -0.570. The van der Waals surface area contributed by atoms with Crippen LogP contribution in [-0.4, -0.2) is 35.6 Å². The molecule has 72 valence electrons. The van der Waals surface area contributed by atoms with Crippen LogP contribution in [0.15, 0.2) is 0 Å². The Morgan fingerprint density at radius 2 is 1.92 bits per heavy atom. The summed E-state index contributed by atoms with van der Waals surface area (Å²) >= 11 is 0. The smallest absolute Gasteiger partial charge is 0.222 e. The molecule has 0 heterocycles. The van der Waals surface area contributed by atoms with E-state index in [0.717, 1.165) is 19.4 Å². The van der Waals surface area contributed by atoms with Gasteiger partial charge in [-0.25, -0.2) is 0 Å². The van der Waals surface area contributed by atoms with Crippen molar-refractivity contribution in [2.45, 2.75) is 33.1 Å². The quantitative estimate of drug-likeness (QED) is 0.651. The molecule has 0 spiro atoms. The number of rotatable bonds is 6. The van der Waals surface area contributed by atoms with Crippen molar-refractivity contribution in [1.82, 2.24) is 4.90 Å². The first-order valence-electron chi connectivity index (χ1n) is 4.64. The molecule has 1 amide bonds. The minimum atomic E-state index is 0.0649. The fourth-order valence-electron chi connectivity index (χ4n) is 1.12. The SMILES string of the molecule is CCCC(=O)N(CCC)CCO. The number of carbonyl (C=O) groups excluding carboxylic acids is 1. The summed E-state index contributed by atoms with van der Waals surface area (Å²) in [5.41, 5.74) is 0. The topological polar surface area (TPSA) is 40.5 Å². The van der Waals surface area contributed by atoms with Crippen LogP contribution in [0.2, 0.25) is 0 Å². The largest absolute Gasteiger partial charge is 0.395 e. The summed E-state index contributed by atoms with van der Waals surface area (Å²) in [6.45, 7) is 5.33. The summed E-state index contributed by atoms with van der Waals surface area (Å²) < 4.78 is 0. The lowest BCUT2D eigenvalue weighted by atomic mass is 10.3. The molecule has 0 unspecified atom stereocenters. The van der Waals surface area contributed by atoms with Crippen molar-refractivity contribution in [1.29, 1.82) is 0 Å². The second-order valence-corrected chi connectivity index (χ2v) is 2.85. The molecule has 0 aliphatic carbocycles. The molecule has 0 aliphatic heterocycles. The van der Waals surface area contributed by atoms with Crippen molar-refractivity contribution in [3.05, 3.63) is 0 Å². The summed E-state index contributed by atoms with van der Waals surface area (Å²) in [5, 5.41) is 8.69. The third-order valence-electron chi connectivity index (χ3n) is 1.68. The Balaban J connectivity index is 3.81. The van der Waals surface area contributed by atoms with E-state index in [1.807, 2.05) is 13.8 Å². The van der Waals surface area contributed by atoms with Gasteiger partial charge in [0.15, 0.2) is 0 Å². The maximum absolute atomic E-state index is 11.3. The van der Waals surface area contributed by atoms with Gasteiger partial charge in [-0.05, 0) is 12.8 Å². The fraction of sp³-hybridized carbons (Fsp3) is 0.889. The van der Waals surface area contributed by atoms with Crippen LogP contribution in [0.4, 0.5) is 0 Å². The predicted octanol–water partition coefficient (Wildman–Crippen LogP) is 1.02. The fourth-order valence-corrected chi connectivity index (χ4v) is 1.12. The third-order valence-corrected chi connectivity index (χ3v) is 1.68. The standard InChI is InChI=1S/C9H19NO2/c1-3-5-9(12)10(6-4-2)7-8-11/h11H,3-8H2,1-2H3. The molecule has 0 saturated carbocycles. The van der Waals surface area contributed by atoms with Crippen molar-refractivity contribution in [3.63, 3.8) is 0 Å². The lowest BCUT2D eigenvalue weighted by Crippen LogP contribution is -2.33. The second-order valence-electron chi connectivity index (χ2n) is 2.85. The van der Waals surface area contributed by atoms with E-state index in [0.29, 0.717) is 13.0 Å². The molecule has 0 bridgehead atoms. The van der Waals surface area contributed by atoms with Crippen molar-refractivity contribution < 1.29 is 9.90 Å². The molecule has 3 nitrogen and oxygen atoms in total. The molecule has 0 aromatic carbocycles. The summed E-state index contributed by atoms with van der Waals surface area (Å²) in [7, 11) is 0. The van der Waals surface area contributed by atoms with Gasteiger partial charge in [0.25, 0.3) is 0 Å². The molecule has 0 saturated heterocycles. The Labute approximate surface area is 74.4 Å². The Bertz CT molecular complexity index is 120. The van der Waals surface area contributed by atoms with Gasteiger partial charge < -0.3 is 10.0 Å². The molecule has 0 radical (unpaired) electrons. The molecule has 12 heavy (non-hydrogen) atoms. The molecule has 0 rings (SSSR count). The molecular formula is C9H19NO2. The van der Waals surface area contributed by atoms with Gasteiger partial charge in [0.1, 0.15) is 0 Å². The number of aliphatic hydroxyl groups excluding tert-OH is 1. The van der Waals surface area contributed by atoms with Gasteiger partial charge in [-0.1, -0.05) is 13.8 Å². The third kappa shape index (κ3) is 4.34. The van der Waals surface area contributed by atoms with E-state index < -0.39 is 0 Å². The van der Waals surface area contributed by atoms with Gasteiger partial charge in [0.2, 0.25) is 5.91 Å². The zero-order valence-corrected chi connectivity index (χ0v) is 8.05.